The lowest BCUT2D eigenvalue weighted by atomic mass is 9.98. The molecule has 2 saturated heterocycles. The molecule has 4 aliphatic heterocycles. The van der Waals surface area contributed by atoms with E-state index in [9.17, 15) is 14.4 Å². The van der Waals surface area contributed by atoms with Gasteiger partial charge in [-0.05, 0) is 74.7 Å². The maximum absolute atomic E-state index is 13.6. The average molecular weight is 585 g/mol. The van der Waals surface area contributed by atoms with Gasteiger partial charge in [-0.15, -0.1) is 0 Å². The van der Waals surface area contributed by atoms with Crippen LogP contribution in [-0.4, -0.2) is 64.7 Å². The fraction of sp³-hybridized carbons (Fsp3) is 0.355. The highest BCUT2D eigenvalue weighted by Gasteiger charge is 2.47. The number of hydrogen-bond acceptors (Lipinski definition) is 7. The van der Waals surface area contributed by atoms with Crippen molar-refractivity contribution < 1.29 is 19.1 Å². The zero-order valence-electron chi connectivity index (χ0n) is 23.2. The van der Waals surface area contributed by atoms with Crippen molar-refractivity contribution in [3.63, 3.8) is 0 Å². The first-order valence-electron chi connectivity index (χ1n) is 14.4. The van der Waals surface area contributed by atoms with Crippen molar-refractivity contribution in [3.05, 3.63) is 71.9 Å². The van der Waals surface area contributed by atoms with Gasteiger partial charge in [-0.3, -0.25) is 14.5 Å². The predicted molar refractivity (Wildman–Crippen MR) is 159 cm³/mol. The maximum Gasteiger partial charge on any atom is 0.327 e. The number of anilines is 2. The minimum absolute atomic E-state index is 0.0968. The van der Waals surface area contributed by atoms with Crippen molar-refractivity contribution in [3.8, 4) is 11.5 Å². The molecule has 0 bridgehead atoms. The summed E-state index contributed by atoms with van der Waals surface area (Å²) in [7, 11) is 0. The number of urea groups is 1. The molecule has 42 heavy (non-hydrogen) atoms. The van der Waals surface area contributed by atoms with Crippen LogP contribution < -0.4 is 25.6 Å². The second-order valence-corrected chi connectivity index (χ2v) is 12.3. The summed E-state index contributed by atoms with van der Waals surface area (Å²) in [6, 6.07) is 16.0. The number of carbonyl (C=O) groups excluding carboxylic acids is 3. The van der Waals surface area contributed by atoms with Crippen molar-refractivity contribution in [1.82, 2.24) is 25.8 Å². The molecule has 0 radical (unpaired) electrons. The van der Waals surface area contributed by atoms with Crippen LogP contribution in [0.5, 0.6) is 11.5 Å². The molecule has 0 saturated carbocycles. The van der Waals surface area contributed by atoms with E-state index < -0.39 is 11.3 Å². The molecule has 3 N–H and O–H groups in total. The largest absolute Gasteiger partial charge is 0.457 e. The summed E-state index contributed by atoms with van der Waals surface area (Å²) in [5.74, 6) is 1.38. The standard InChI is InChI=1S/C31H32N6O4S/c1-18-16-21(41-20-7-3-2-4-8-20)9-10-23(18)37-24-12-14-33-29-25(24)26(35-31(37)40)27(42-29)28(38)34-19-6-5-15-36(17-19)30(39)22-11-13-32-22/h2-4,7-10,12,14,16,19,22,26-27,32H,5-6,11,13,15,17H2,1H3,(H,34,38)(H,35,40)/t19-,22-,26?,27?/m1/s1. The van der Waals surface area contributed by atoms with Crippen LogP contribution >= 0.6 is 11.8 Å². The molecule has 10 nitrogen and oxygen atoms in total. The van der Waals surface area contributed by atoms with Gasteiger partial charge in [-0.2, -0.15) is 0 Å². The van der Waals surface area contributed by atoms with E-state index in [4.69, 9.17) is 4.74 Å². The molecule has 5 heterocycles. The third-order valence-corrected chi connectivity index (χ3v) is 9.64. The zero-order chi connectivity index (χ0) is 28.8. The molecule has 1 aromatic heterocycles. The van der Waals surface area contributed by atoms with Crippen LogP contribution in [-0.2, 0) is 9.59 Å². The van der Waals surface area contributed by atoms with Crippen LogP contribution in [0.4, 0.5) is 16.2 Å². The second kappa shape index (κ2) is 11.0. The number of nitrogens with zero attached hydrogens (tertiary/aromatic N) is 3. The number of aromatic nitrogens is 1. The molecule has 4 aliphatic rings. The van der Waals surface area contributed by atoms with Crippen molar-refractivity contribution >= 4 is 41.0 Å². The number of carbonyl (C=O) groups is 3. The molecule has 11 heteroatoms. The Morgan fingerprint density at radius 3 is 2.67 bits per heavy atom. The molecule has 3 aromatic rings. The Morgan fingerprint density at radius 2 is 1.90 bits per heavy atom. The van der Waals surface area contributed by atoms with Gasteiger partial charge in [0.2, 0.25) is 11.8 Å². The molecule has 0 spiro atoms. The van der Waals surface area contributed by atoms with E-state index in [0.717, 1.165) is 59.1 Å². The van der Waals surface area contributed by atoms with E-state index in [1.165, 1.54) is 11.8 Å². The summed E-state index contributed by atoms with van der Waals surface area (Å²) < 4.78 is 5.98. The highest BCUT2D eigenvalue weighted by atomic mass is 32.2. The molecule has 4 atom stereocenters. The number of nitrogens with one attached hydrogen (secondary N) is 3. The van der Waals surface area contributed by atoms with Gasteiger partial charge in [0.05, 0.1) is 23.5 Å². The number of rotatable bonds is 6. The Balaban J connectivity index is 1.09. The van der Waals surface area contributed by atoms with Gasteiger partial charge in [0, 0.05) is 30.9 Å². The SMILES string of the molecule is Cc1cc(Oc2ccccc2)ccc1N1C(=O)NC2c3c1ccnc3SC2C(=O)N[C@@H]1CCCN(C(=O)[C@H]2CCN2)C1. The third kappa shape index (κ3) is 4.86. The van der Waals surface area contributed by atoms with Crippen LogP contribution in [0.1, 0.15) is 36.4 Å². The number of amides is 4. The normalized spacial score (nSPS) is 24.4. The van der Waals surface area contributed by atoms with Gasteiger partial charge in [0.15, 0.2) is 0 Å². The molecule has 2 aromatic carbocycles. The van der Waals surface area contributed by atoms with Crippen molar-refractivity contribution in [2.45, 2.75) is 54.6 Å². The van der Waals surface area contributed by atoms with E-state index in [2.05, 4.69) is 20.9 Å². The Labute approximate surface area is 248 Å². The quantitative estimate of drug-likeness (QED) is 0.401. The highest BCUT2D eigenvalue weighted by Crippen LogP contribution is 2.51. The topological polar surface area (TPSA) is 116 Å². The smallest absolute Gasteiger partial charge is 0.327 e. The molecule has 216 valence electrons. The number of aryl methyl sites for hydroxylation is 1. The van der Waals surface area contributed by atoms with Crippen LogP contribution in [0, 0.1) is 6.92 Å². The Bertz CT molecular complexity index is 1550. The molecule has 2 fully saturated rings. The minimum atomic E-state index is -0.554. The number of ether oxygens (including phenoxy) is 1. The molecular formula is C31H32N6O4S. The fourth-order valence-corrected chi connectivity index (χ4v) is 7.37. The summed E-state index contributed by atoms with van der Waals surface area (Å²) in [5.41, 5.74) is 3.17. The number of likely N-dealkylation sites (tertiary alicyclic amines) is 1. The lowest BCUT2D eigenvalue weighted by molar-refractivity contribution is -0.137. The van der Waals surface area contributed by atoms with E-state index in [1.807, 2.05) is 66.4 Å². The second-order valence-electron chi connectivity index (χ2n) is 11.1. The summed E-state index contributed by atoms with van der Waals surface area (Å²) >= 11 is 1.38. The fourth-order valence-electron chi connectivity index (χ4n) is 6.13. The summed E-state index contributed by atoms with van der Waals surface area (Å²) in [6.45, 7) is 4.04. The van der Waals surface area contributed by atoms with E-state index in [0.29, 0.717) is 18.8 Å². The third-order valence-electron chi connectivity index (χ3n) is 8.35. The molecule has 2 unspecified atom stereocenters. The van der Waals surface area contributed by atoms with Crippen LogP contribution in [0.2, 0.25) is 0 Å². The van der Waals surface area contributed by atoms with Gasteiger partial charge < -0.3 is 25.6 Å². The van der Waals surface area contributed by atoms with Gasteiger partial charge in [0.25, 0.3) is 0 Å². The maximum atomic E-state index is 13.6. The monoisotopic (exact) mass is 584 g/mol. The highest BCUT2D eigenvalue weighted by molar-refractivity contribution is 8.01. The van der Waals surface area contributed by atoms with Crippen LogP contribution in [0.3, 0.4) is 0 Å². The van der Waals surface area contributed by atoms with E-state index in [1.54, 1.807) is 11.1 Å². The van der Waals surface area contributed by atoms with Crippen molar-refractivity contribution in [2.24, 2.45) is 0 Å². The van der Waals surface area contributed by atoms with E-state index >= 15 is 0 Å². The number of para-hydroxylation sites is 1. The first kappa shape index (κ1) is 26.8. The average Bonchev–Trinajstić information content (AvgIpc) is 3.33. The molecular weight excluding hydrogens is 552 g/mol. The summed E-state index contributed by atoms with van der Waals surface area (Å²) in [6.07, 6.45) is 4.21. The Hall–Kier alpha value is -4.09. The van der Waals surface area contributed by atoms with Crippen molar-refractivity contribution in [2.75, 3.05) is 24.5 Å². The molecule has 7 rings (SSSR count). The minimum Gasteiger partial charge on any atom is -0.457 e. The van der Waals surface area contributed by atoms with Crippen molar-refractivity contribution in [1.29, 1.82) is 0 Å². The number of pyridine rings is 1. The number of hydrogen-bond donors (Lipinski definition) is 3. The first-order valence-corrected chi connectivity index (χ1v) is 15.3. The van der Waals surface area contributed by atoms with E-state index in [-0.39, 0.29) is 29.9 Å². The van der Waals surface area contributed by atoms with Crippen LogP contribution in [0.25, 0.3) is 0 Å². The lowest BCUT2D eigenvalue weighted by Gasteiger charge is -2.38. The van der Waals surface area contributed by atoms with Gasteiger partial charge in [-0.1, -0.05) is 30.0 Å². The zero-order valence-corrected chi connectivity index (χ0v) is 24.0. The Kier molecular flexibility index (Phi) is 6.99. The molecule has 4 amide bonds. The van der Waals surface area contributed by atoms with Gasteiger partial charge in [-0.25, -0.2) is 9.78 Å². The van der Waals surface area contributed by atoms with Gasteiger partial charge >= 0.3 is 6.03 Å². The predicted octanol–water partition coefficient (Wildman–Crippen LogP) is 4.03. The molecule has 0 aliphatic carbocycles. The number of benzene rings is 2. The number of thioether (sulfide) groups is 1. The number of piperidine rings is 1. The van der Waals surface area contributed by atoms with Gasteiger partial charge in [0.1, 0.15) is 21.8 Å². The summed E-state index contributed by atoms with van der Waals surface area (Å²) in [4.78, 5) is 48.1. The lowest BCUT2D eigenvalue weighted by Crippen LogP contribution is -2.59. The Morgan fingerprint density at radius 1 is 1.07 bits per heavy atom. The van der Waals surface area contributed by atoms with Crippen LogP contribution in [0.15, 0.2) is 65.8 Å². The summed E-state index contributed by atoms with van der Waals surface area (Å²) in [5, 5.41) is 9.62. The first-order chi connectivity index (χ1) is 20.5.